The number of carbonyl (C=O) groups excluding carboxylic acids is 1. The highest BCUT2D eigenvalue weighted by molar-refractivity contribution is 5.82. The van der Waals surface area contributed by atoms with E-state index in [9.17, 15) is 4.79 Å². The van der Waals surface area contributed by atoms with Gasteiger partial charge in [0.05, 0.1) is 6.61 Å². The van der Waals surface area contributed by atoms with Gasteiger partial charge < -0.3 is 10.5 Å². The van der Waals surface area contributed by atoms with Gasteiger partial charge in [0.1, 0.15) is 5.82 Å². The zero-order valence-electron chi connectivity index (χ0n) is 7.15. The molecule has 1 rings (SSSR count). The fraction of sp³-hybridized carbons (Fsp3) is 0.286. The summed E-state index contributed by atoms with van der Waals surface area (Å²) in [5.41, 5.74) is 5.37. The Bertz CT molecular complexity index is 302. The summed E-state index contributed by atoms with van der Waals surface area (Å²) in [6.45, 7) is 2.01. The van der Waals surface area contributed by atoms with E-state index in [0.717, 1.165) is 0 Å². The van der Waals surface area contributed by atoms with Crippen molar-refractivity contribution in [2.24, 2.45) is 0 Å². The number of hydrogen-bond donors (Lipinski definition) is 2. The van der Waals surface area contributed by atoms with E-state index < -0.39 is 6.09 Å². The molecule has 3 N–H and O–H groups in total. The Morgan fingerprint density at radius 3 is 3.15 bits per heavy atom. The van der Waals surface area contributed by atoms with Crippen molar-refractivity contribution in [1.82, 2.24) is 9.97 Å². The van der Waals surface area contributed by atoms with Gasteiger partial charge in [-0.25, -0.2) is 9.78 Å². The van der Waals surface area contributed by atoms with Crippen LogP contribution in [0.2, 0.25) is 0 Å². The van der Waals surface area contributed by atoms with Crippen LogP contribution in [-0.4, -0.2) is 22.7 Å². The molecule has 0 saturated carbocycles. The Balaban J connectivity index is 2.58. The van der Waals surface area contributed by atoms with Gasteiger partial charge in [-0.05, 0) is 13.0 Å². The molecule has 0 bridgehead atoms. The summed E-state index contributed by atoms with van der Waals surface area (Å²) in [5.74, 6) is 0.431. The first-order valence-corrected chi connectivity index (χ1v) is 3.74. The summed E-state index contributed by atoms with van der Waals surface area (Å²) < 4.78 is 4.61. The predicted octanol–water partition coefficient (Wildman–Crippen LogP) is 0.627. The van der Waals surface area contributed by atoms with E-state index in [1.807, 2.05) is 0 Å². The largest absolute Gasteiger partial charge is 0.450 e. The van der Waals surface area contributed by atoms with Crippen LogP contribution in [0, 0.1) is 0 Å². The van der Waals surface area contributed by atoms with E-state index in [0.29, 0.717) is 12.4 Å². The van der Waals surface area contributed by atoms with Crippen LogP contribution in [0.3, 0.4) is 0 Å². The molecule has 0 atom stereocenters. The van der Waals surface area contributed by atoms with Crippen LogP contribution in [0.15, 0.2) is 12.3 Å². The van der Waals surface area contributed by atoms with Gasteiger partial charge in [-0.3, -0.25) is 5.32 Å². The lowest BCUT2D eigenvalue weighted by atomic mass is 10.6. The zero-order valence-corrected chi connectivity index (χ0v) is 7.15. The van der Waals surface area contributed by atoms with Crippen LogP contribution < -0.4 is 11.1 Å². The zero-order chi connectivity index (χ0) is 9.68. The summed E-state index contributed by atoms with van der Waals surface area (Å²) in [7, 11) is 0. The van der Waals surface area contributed by atoms with Gasteiger partial charge in [0.15, 0.2) is 0 Å². The lowest BCUT2D eigenvalue weighted by Crippen LogP contribution is -2.15. The number of amides is 1. The van der Waals surface area contributed by atoms with Crippen LogP contribution in [0.1, 0.15) is 6.92 Å². The van der Waals surface area contributed by atoms with Crippen LogP contribution >= 0.6 is 0 Å². The molecule has 0 unspecified atom stereocenters. The van der Waals surface area contributed by atoms with Crippen molar-refractivity contribution in [3.05, 3.63) is 12.3 Å². The van der Waals surface area contributed by atoms with Gasteiger partial charge >= 0.3 is 6.09 Å². The van der Waals surface area contributed by atoms with Crippen LogP contribution in [0.25, 0.3) is 0 Å². The minimum absolute atomic E-state index is 0.137. The Kier molecular flexibility index (Phi) is 3.02. The molecule has 1 amide bonds. The maximum Gasteiger partial charge on any atom is 0.414 e. The quantitative estimate of drug-likeness (QED) is 0.699. The molecule has 0 aromatic carbocycles. The Morgan fingerprint density at radius 1 is 1.77 bits per heavy atom. The lowest BCUT2D eigenvalue weighted by Gasteiger charge is -2.02. The molecule has 1 aromatic heterocycles. The van der Waals surface area contributed by atoms with Gasteiger partial charge in [0.25, 0.3) is 0 Å². The molecule has 1 heterocycles. The van der Waals surface area contributed by atoms with Crippen molar-refractivity contribution in [3.63, 3.8) is 0 Å². The molecular formula is C7H10N4O2. The van der Waals surface area contributed by atoms with E-state index in [2.05, 4.69) is 20.0 Å². The maximum absolute atomic E-state index is 10.9. The molecular weight excluding hydrogens is 172 g/mol. The Hall–Kier alpha value is -1.85. The van der Waals surface area contributed by atoms with Gasteiger partial charge in [0.2, 0.25) is 5.95 Å². The van der Waals surface area contributed by atoms with Gasteiger partial charge in [-0.1, -0.05) is 0 Å². The van der Waals surface area contributed by atoms with Crippen LogP contribution in [-0.2, 0) is 4.74 Å². The molecule has 0 aliphatic carbocycles. The van der Waals surface area contributed by atoms with Gasteiger partial charge in [0, 0.05) is 6.20 Å². The maximum atomic E-state index is 10.9. The summed E-state index contributed by atoms with van der Waals surface area (Å²) in [6, 6.07) is 1.52. The summed E-state index contributed by atoms with van der Waals surface area (Å²) in [6.07, 6.45) is 0.859. The molecule has 6 heteroatoms. The third-order valence-corrected chi connectivity index (χ3v) is 1.17. The number of nitrogen functional groups attached to an aromatic ring is 1. The van der Waals surface area contributed by atoms with Crippen molar-refractivity contribution in [1.29, 1.82) is 0 Å². The first kappa shape index (κ1) is 9.24. The van der Waals surface area contributed by atoms with Crippen molar-refractivity contribution in [2.45, 2.75) is 6.92 Å². The van der Waals surface area contributed by atoms with E-state index in [4.69, 9.17) is 5.73 Å². The van der Waals surface area contributed by atoms with Crippen molar-refractivity contribution in [3.8, 4) is 0 Å². The Labute approximate surface area is 75.1 Å². The number of rotatable bonds is 2. The number of nitrogens with one attached hydrogen (secondary N) is 1. The number of aromatic nitrogens is 2. The number of nitrogens with two attached hydrogens (primary N) is 1. The molecule has 13 heavy (non-hydrogen) atoms. The van der Waals surface area contributed by atoms with E-state index >= 15 is 0 Å². The predicted molar refractivity (Wildman–Crippen MR) is 47.1 cm³/mol. The van der Waals surface area contributed by atoms with Crippen molar-refractivity contribution >= 4 is 17.9 Å². The number of nitrogens with zero attached hydrogens (tertiary/aromatic N) is 2. The molecule has 0 aliphatic heterocycles. The molecule has 0 spiro atoms. The normalized spacial score (nSPS) is 9.31. The monoisotopic (exact) mass is 182 g/mol. The number of ether oxygens (including phenoxy) is 1. The second-order valence-electron chi connectivity index (χ2n) is 2.15. The first-order chi connectivity index (χ1) is 6.22. The number of carbonyl (C=O) groups is 1. The summed E-state index contributed by atoms with van der Waals surface area (Å²) >= 11 is 0. The minimum atomic E-state index is -0.590. The fourth-order valence-electron chi connectivity index (χ4n) is 0.691. The molecule has 70 valence electrons. The number of anilines is 2. The van der Waals surface area contributed by atoms with Gasteiger partial charge in [-0.2, -0.15) is 4.98 Å². The van der Waals surface area contributed by atoms with Crippen molar-refractivity contribution < 1.29 is 9.53 Å². The van der Waals surface area contributed by atoms with E-state index in [-0.39, 0.29) is 5.95 Å². The first-order valence-electron chi connectivity index (χ1n) is 3.74. The van der Waals surface area contributed by atoms with Crippen LogP contribution in [0.4, 0.5) is 16.6 Å². The average Bonchev–Trinajstić information content (AvgIpc) is 2.04. The van der Waals surface area contributed by atoms with Crippen molar-refractivity contribution in [2.75, 3.05) is 17.7 Å². The lowest BCUT2D eigenvalue weighted by molar-refractivity contribution is 0.167. The smallest absolute Gasteiger partial charge is 0.414 e. The minimum Gasteiger partial charge on any atom is -0.450 e. The third-order valence-electron chi connectivity index (χ3n) is 1.17. The highest BCUT2D eigenvalue weighted by Crippen LogP contribution is 2.01. The molecule has 1 aromatic rings. The second kappa shape index (κ2) is 4.24. The average molecular weight is 182 g/mol. The topological polar surface area (TPSA) is 90.1 Å². The highest BCUT2D eigenvalue weighted by atomic mass is 16.5. The van der Waals surface area contributed by atoms with Gasteiger partial charge in [-0.15, -0.1) is 0 Å². The fourth-order valence-corrected chi connectivity index (χ4v) is 0.691. The summed E-state index contributed by atoms with van der Waals surface area (Å²) in [5, 5.41) is 2.32. The molecule has 0 radical (unpaired) electrons. The molecule has 0 saturated heterocycles. The molecule has 6 nitrogen and oxygen atoms in total. The summed E-state index contributed by atoms with van der Waals surface area (Å²) in [4.78, 5) is 18.4. The third kappa shape index (κ3) is 2.94. The molecule has 0 aliphatic rings. The molecule has 0 fully saturated rings. The van der Waals surface area contributed by atoms with E-state index in [1.165, 1.54) is 12.3 Å². The second-order valence-corrected chi connectivity index (χ2v) is 2.15. The SMILES string of the molecule is CCOC(=O)Nc1nccc(N)n1. The highest BCUT2D eigenvalue weighted by Gasteiger charge is 2.03. The number of hydrogen-bond acceptors (Lipinski definition) is 5. The standard InChI is InChI=1S/C7H10N4O2/c1-2-13-7(12)11-6-9-4-3-5(8)10-6/h3-4H,2H2,1H3,(H3,8,9,10,11,12). The Morgan fingerprint density at radius 2 is 2.54 bits per heavy atom. The van der Waals surface area contributed by atoms with Crippen LogP contribution in [0.5, 0.6) is 0 Å². The van der Waals surface area contributed by atoms with E-state index in [1.54, 1.807) is 6.92 Å².